The Morgan fingerprint density at radius 2 is 2.06 bits per heavy atom. The van der Waals surface area contributed by atoms with E-state index < -0.39 is 12.1 Å². The molecule has 1 fully saturated rings. The number of carbonyl (C=O) groups excluding carboxylic acids is 2. The largest absolute Gasteiger partial charge is 0.451 e. The lowest BCUT2D eigenvalue weighted by molar-refractivity contribution is -0.129. The molecule has 1 aliphatic rings. The van der Waals surface area contributed by atoms with Crippen molar-refractivity contribution in [1.82, 2.24) is 0 Å². The lowest BCUT2D eigenvalue weighted by Gasteiger charge is -2.20. The van der Waals surface area contributed by atoms with Gasteiger partial charge in [-0.1, -0.05) is 12.1 Å². The van der Waals surface area contributed by atoms with E-state index in [4.69, 9.17) is 4.74 Å². The second-order valence-corrected chi connectivity index (χ2v) is 5.25. The predicted molar refractivity (Wildman–Crippen MR) is 71.8 cm³/mol. The molecule has 1 atom stereocenters. The number of esters is 1. The molecule has 0 heterocycles. The standard InChI is InChI=1S/C13H13IO3/c14-10-6-2-1-5-9(10)13(16)17-12-8-4-3-7-11(12)15/h1-2,5-6,12H,3-4,7-8H2/t12-/m1/s1. The monoisotopic (exact) mass is 344 g/mol. The number of benzene rings is 1. The molecule has 4 heteroatoms. The van der Waals surface area contributed by atoms with Crippen LogP contribution >= 0.6 is 22.6 Å². The summed E-state index contributed by atoms with van der Waals surface area (Å²) in [5, 5.41) is 0. The minimum atomic E-state index is -0.535. The van der Waals surface area contributed by atoms with Crippen molar-refractivity contribution in [2.24, 2.45) is 0 Å². The van der Waals surface area contributed by atoms with Crippen LogP contribution in [0.1, 0.15) is 36.0 Å². The summed E-state index contributed by atoms with van der Waals surface area (Å²) in [6.45, 7) is 0. The summed E-state index contributed by atoms with van der Waals surface area (Å²) < 4.78 is 6.12. The Kier molecular flexibility index (Phi) is 4.15. The number of carbonyl (C=O) groups is 2. The van der Waals surface area contributed by atoms with Gasteiger partial charge in [0.15, 0.2) is 11.9 Å². The molecule has 0 radical (unpaired) electrons. The van der Waals surface area contributed by atoms with Gasteiger partial charge in [-0.3, -0.25) is 4.79 Å². The molecule has 3 nitrogen and oxygen atoms in total. The summed E-state index contributed by atoms with van der Waals surface area (Å²) in [4.78, 5) is 23.5. The highest BCUT2D eigenvalue weighted by Gasteiger charge is 2.26. The smallest absolute Gasteiger partial charge is 0.339 e. The Hall–Kier alpha value is -0.910. The van der Waals surface area contributed by atoms with Crippen molar-refractivity contribution in [3.63, 3.8) is 0 Å². The average Bonchev–Trinajstić information content (AvgIpc) is 2.32. The van der Waals surface area contributed by atoms with Crippen molar-refractivity contribution in [1.29, 1.82) is 0 Å². The van der Waals surface area contributed by atoms with Crippen LogP contribution in [0.4, 0.5) is 0 Å². The van der Waals surface area contributed by atoms with Gasteiger partial charge in [-0.05, 0) is 54.0 Å². The quantitative estimate of drug-likeness (QED) is 0.612. The Balaban J connectivity index is 2.06. The maximum Gasteiger partial charge on any atom is 0.339 e. The van der Waals surface area contributed by atoms with Gasteiger partial charge in [0.25, 0.3) is 0 Å². The number of ether oxygens (including phenoxy) is 1. The van der Waals surface area contributed by atoms with E-state index in [2.05, 4.69) is 22.6 Å². The van der Waals surface area contributed by atoms with Crippen LogP contribution in [0.15, 0.2) is 24.3 Å². The van der Waals surface area contributed by atoms with Crippen LogP contribution in [0, 0.1) is 3.57 Å². The van der Waals surface area contributed by atoms with Gasteiger partial charge in [0.05, 0.1) is 5.56 Å². The lowest BCUT2D eigenvalue weighted by atomic mass is 9.96. The maximum absolute atomic E-state index is 11.9. The molecule has 1 saturated carbocycles. The third-order valence-corrected chi connectivity index (χ3v) is 3.78. The Labute approximate surface area is 114 Å². The number of Topliss-reactive ketones (excluding diaryl/α,β-unsaturated/α-hetero) is 1. The van der Waals surface area contributed by atoms with Crippen LogP contribution in [0.3, 0.4) is 0 Å². The molecule has 0 bridgehead atoms. The third-order valence-electron chi connectivity index (χ3n) is 2.84. The first-order chi connectivity index (χ1) is 8.18. The molecule has 0 aliphatic heterocycles. The van der Waals surface area contributed by atoms with Gasteiger partial charge in [-0.15, -0.1) is 0 Å². The van der Waals surface area contributed by atoms with Crippen molar-refractivity contribution < 1.29 is 14.3 Å². The first-order valence-electron chi connectivity index (χ1n) is 5.66. The number of hydrogen-bond acceptors (Lipinski definition) is 3. The SMILES string of the molecule is O=C(O[C@@H]1CCCCC1=O)c1ccccc1I. The zero-order valence-corrected chi connectivity index (χ0v) is 11.5. The molecule has 0 spiro atoms. The van der Waals surface area contributed by atoms with E-state index in [1.54, 1.807) is 12.1 Å². The minimum Gasteiger partial charge on any atom is -0.451 e. The Bertz CT molecular complexity index is 442. The first-order valence-corrected chi connectivity index (χ1v) is 6.74. The predicted octanol–water partition coefficient (Wildman–Crippen LogP) is 2.96. The molecule has 0 amide bonds. The van der Waals surface area contributed by atoms with Crippen molar-refractivity contribution in [3.05, 3.63) is 33.4 Å². The number of hydrogen-bond donors (Lipinski definition) is 0. The molecule has 0 saturated heterocycles. The van der Waals surface area contributed by atoms with Gasteiger partial charge in [0.1, 0.15) is 0 Å². The highest BCUT2D eigenvalue weighted by molar-refractivity contribution is 14.1. The molecule has 1 aromatic carbocycles. The summed E-state index contributed by atoms with van der Waals surface area (Å²) in [6, 6.07) is 7.23. The van der Waals surface area contributed by atoms with E-state index in [0.717, 1.165) is 16.4 Å². The van der Waals surface area contributed by atoms with Crippen LogP contribution in [-0.4, -0.2) is 17.9 Å². The van der Waals surface area contributed by atoms with E-state index in [9.17, 15) is 9.59 Å². The molecule has 17 heavy (non-hydrogen) atoms. The normalized spacial score (nSPS) is 20.1. The van der Waals surface area contributed by atoms with E-state index in [1.165, 1.54) is 0 Å². The van der Waals surface area contributed by atoms with E-state index in [0.29, 0.717) is 18.4 Å². The van der Waals surface area contributed by atoms with Gasteiger partial charge in [-0.2, -0.15) is 0 Å². The fourth-order valence-corrected chi connectivity index (χ4v) is 2.50. The molecule has 2 rings (SSSR count). The molecular formula is C13H13IO3. The molecule has 0 N–H and O–H groups in total. The zero-order chi connectivity index (χ0) is 12.3. The van der Waals surface area contributed by atoms with Crippen molar-refractivity contribution in [2.45, 2.75) is 31.8 Å². The van der Waals surface area contributed by atoms with Crippen molar-refractivity contribution >= 4 is 34.3 Å². The number of ketones is 1. The Morgan fingerprint density at radius 1 is 1.29 bits per heavy atom. The second-order valence-electron chi connectivity index (χ2n) is 4.09. The van der Waals surface area contributed by atoms with Crippen LogP contribution in [0.25, 0.3) is 0 Å². The van der Waals surface area contributed by atoms with Gasteiger partial charge in [0.2, 0.25) is 0 Å². The second kappa shape index (κ2) is 5.62. The maximum atomic E-state index is 11.9. The fraction of sp³-hybridized carbons (Fsp3) is 0.385. The molecule has 1 aliphatic carbocycles. The highest BCUT2D eigenvalue weighted by Crippen LogP contribution is 2.20. The number of rotatable bonds is 2. The van der Waals surface area contributed by atoms with Gasteiger partial charge in [0, 0.05) is 9.99 Å². The van der Waals surface area contributed by atoms with Crippen molar-refractivity contribution in [2.75, 3.05) is 0 Å². The Morgan fingerprint density at radius 3 is 2.76 bits per heavy atom. The van der Waals surface area contributed by atoms with Gasteiger partial charge >= 0.3 is 5.97 Å². The molecule has 1 aromatic rings. The first kappa shape index (κ1) is 12.5. The molecule has 90 valence electrons. The number of halogens is 1. The summed E-state index contributed by atoms with van der Waals surface area (Å²) in [6.07, 6.45) is 2.52. The lowest BCUT2D eigenvalue weighted by Crippen LogP contribution is -2.30. The fourth-order valence-electron chi connectivity index (χ4n) is 1.90. The van der Waals surface area contributed by atoms with Crippen LogP contribution in [0.5, 0.6) is 0 Å². The molecular weight excluding hydrogens is 331 g/mol. The van der Waals surface area contributed by atoms with Crippen LogP contribution in [-0.2, 0) is 9.53 Å². The molecule has 0 unspecified atom stereocenters. The highest BCUT2D eigenvalue weighted by atomic mass is 127. The van der Waals surface area contributed by atoms with Gasteiger partial charge < -0.3 is 4.74 Å². The summed E-state index contributed by atoms with van der Waals surface area (Å²) in [5.74, 6) is -0.342. The summed E-state index contributed by atoms with van der Waals surface area (Å²) in [7, 11) is 0. The van der Waals surface area contributed by atoms with E-state index >= 15 is 0 Å². The van der Waals surface area contributed by atoms with Crippen molar-refractivity contribution in [3.8, 4) is 0 Å². The third kappa shape index (κ3) is 3.06. The van der Waals surface area contributed by atoms with E-state index in [-0.39, 0.29) is 5.78 Å². The van der Waals surface area contributed by atoms with Gasteiger partial charge in [-0.25, -0.2) is 4.79 Å². The zero-order valence-electron chi connectivity index (χ0n) is 9.32. The summed E-state index contributed by atoms with van der Waals surface area (Å²) >= 11 is 2.09. The average molecular weight is 344 g/mol. The topological polar surface area (TPSA) is 43.4 Å². The minimum absolute atomic E-state index is 0.0514. The van der Waals surface area contributed by atoms with Crippen LogP contribution in [0.2, 0.25) is 0 Å². The molecule has 0 aromatic heterocycles. The van der Waals surface area contributed by atoms with E-state index in [1.807, 2.05) is 12.1 Å². The van der Waals surface area contributed by atoms with Crippen LogP contribution < -0.4 is 0 Å². The summed E-state index contributed by atoms with van der Waals surface area (Å²) in [5.41, 5.74) is 0.534.